The van der Waals surface area contributed by atoms with E-state index in [0.29, 0.717) is 16.3 Å². The van der Waals surface area contributed by atoms with Crippen LogP contribution in [0.15, 0.2) is 48.5 Å². The van der Waals surface area contributed by atoms with E-state index in [9.17, 15) is 19.2 Å². The van der Waals surface area contributed by atoms with Crippen molar-refractivity contribution in [3.05, 3.63) is 64.7 Å². The number of esters is 1. The molecule has 3 rings (SSSR count). The number of Topliss-reactive ketones (excluding diaryl/α,β-unsaturated/α-hetero) is 2. The van der Waals surface area contributed by atoms with Crippen LogP contribution in [0.3, 0.4) is 0 Å². The van der Waals surface area contributed by atoms with Crippen molar-refractivity contribution < 1.29 is 23.9 Å². The van der Waals surface area contributed by atoms with Gasteiger partial charge in [-0.2, -0.15) is 0 Å². The predicted molar refractivity (Wildman–Crippen MR) is 94.5 cm³/mol. The third kappa shape index (κ3) is 3.11. The lowest BCUT2D eigenvalue weighted by Gasteiger charge is -2.25. The van der Waals surface area contributed by atoms with Gasteiger partial charge in [0.2, 0.25) is 0 Å². The summed E-state index contributed by atoms with van der Waals surface area (Å²) in [7, 11) is 1.16. The molecule has 1 heterocycles. The Kier molecular flexibility index (Phi) is 4.86. The summed E-state index contributed by atoms with van der Waals surface area (Å²) in [6.45, 7) is 0. The molecule has 0 radical (unpaired) electrons. The van der Waals surface area contributed by atoms with E-state index >= 15 is 0 Å². The first-order valence-electron chi connectivity index (χ1n) is 7.77. The molecule has 1 amide bonds. The van der Waals surface area contributed by atoms with Crippen LogP contribution in [0.5, 0.6) is 0 Å². The molecule has 2 aromatic carbocycles. The van der Waals surface area contributed by atoms with Gasteiger partial charge < -0.3 is 4.74 Å². The SMILES string of the molecule is COC(=O)[C@H](CC(=O)c1ccc(Cl)cc1)N1C(=O)C(=O)c2ccccc21. The van der Waals surface area contributed by atoms with Crippen molar-refractivity contribution in [2.75, 3.05) is 12.0 Å². The van der Waals surface area contributed by atoms with Crippen LogP contribution < -0.4 is 4.90 Å². The number of hydrogen-bond donors (Lipinski definition) is 0. The molecule has 1 aliphatic rings. The fraction of sp³-hybridized carbons (Fsp3) is 0.158. The molecular weight excluding hydrogens is 358 g/mol. The van der Waals surface area contributed by atoms with E-state index < -0.39 is 23.7 Å². The van der Waals surface area contributed by atoms with Gasteiger partial charge in [0.15, 0.2) is 5.78 Å². The maximum absolute atomic E-state index is 12.6. The van der Waals surface area contributed by atoms with E-state index in [0.717, 1.165) is 12.0 Å². The van der Waals surface area contributed by atoms with Crippen molar-refractivity contribution in [1.82, 2.24) is 0 Å². The number of fused-ring (bicyclic) bond motifs is 1. The maximum atomic E-state index is 12.6. The molecule has 0 spiro atoms. The Labute approximate surface area is 154 Å². The number of benzene rings is 2. The second-order valence-electron chi connectivity index (χ2n) is 5.69. The first kappa shape index (κ1) is 17.8. The van der Waals surface area contributed by atoms with E-state index in [1.165, 1.54) is 18.2 Å². The van der Waals surface area contributed by atoms with Crippen molar-refractivity contribution in [3.63, 3.8) is 0 Å². The quantitative estimate of drug-likeness (QED) is 0.458. The summed E-state index contributed by atoms with van der Waals surface area (Å²) in [6.07, 6.45) is -0.318. The molecule has 132 valence electrons. The number of anilines is 1. The molecule has 6 nitrogen and oxygen atoms in total. The molecule has 0 unspecified atom stereocenters. The Bertz CT molecular complexity index is 906. The van der Waals surface area contributed by atoms with Gasteiger partial charge in [0.05, 0.1) is 18.4 Å². The van der Waals surface area contributed by atoms with Crippen LogP contribution in [0.25, 0.3) is 0 Å². The third-order valence-corrected chi connectivity index (χ3v) is 4.40. The zero-order chi connectivity index (χ0) is 18.8. The normalized spacial score (nSPS) is 14.2. The average Bonchev–Trinajstić information content (AvgIpc) is 2.91. The number of hydrogen-bond acceptors (Lipinski definition) is 5. The van der Waals surface area contributed by atoms with Gasteiger partial charge in [0, 0.05) is 17.0 Å². The Balaban J connectivity index is 1.95. The van der Waals surface area contributed by atoms with Crippen molar-refractivity contribution >= 4 is 40.7 Å². The molecule has 0 saturated carbocycles. The van der Waals surface area contributed by atoms with Gasteiger partial charge in [-0.05, 0) is 36.4 Å². The summed E-state index contributed by atoms with van der Waals surface area (Å²) in [5, 5.41) is 0.473. The van der Waals surface area contributed by atoms with E-state index in [1.54, 1.807) is 30.3 Å². The Morgan fingerprint density at radius 2 is 1.73 bits per heavy atom. The largest absolute Gasteiger partial charge is 0.467 e. The van der Waals surface area contributed by atoms with Crippen LogP contribution in [0, 0.1) is 0 Å². The van der Waals surface area contributed by atoms with E-state index in [-0.39, 0.29) is 17.8 Å². The molecule has 0 aromatic heterocycles. The van der Waals surface area contributed by atoms with Gasteiger partial charge in [-0.15, -0.1) is 0 Å². The smallest absolute Gasteiger partial charge is 0.329 e. The number of halogens is 1. The zero-order valence-electron chi connectivity index (χ0n) is 13.8. The number of amides is 1. The summed E-state index contributed by atoms with van der Waals surface area (Å²) in [5.74, 6) is -2.72. The van der Waals surface area contributed by atoms with Crippen molar-refractivity contribution in [2.24, 2.45) is 0 Å². The summed E-state index contributed by atoms with van der Waals surface area (Å²) in [5.41, 5.74) is 0.835. The first-order chi connectivity index (χ1) is 12.4. The van der Waals surface area contributed by atoms with Crippen LogP contribution in [0.1, 0.15) is 27.1 Å². The Morgan fingerprint density at radius 3 is 2.38 bits per heavy atom. The van der Waals surface area contributed by atoms with E-state index in [2.05, 4.69) is 0 Å². The van der Waals surface area contributed by atoms with E-state index in [4.69, 9.17) is 16.3 Å². The van der Waals surface area contributed by atoms with E-state index in [1.807, 2.05) is 0 Å². The van der Waals surface area contributed by atoms with Crippen molar-refractivity contribution in [3.8, 4) is 0 Å². The van der Waals surface area contributed by atoms with Crippen LogP contribution >= 0.6 is 11.6 Å². The molecule has 1 aliphatic heterocycles. The maximum Gasteiger partial charge on any atom is 0.329 e. The minimum Gasteiger partial charge on any atom is -0.467 e. The first-order valence-corrected chi connectivity index (χ1v) is 8.15. The number of carbonyl (C=O) groups excluding carboxylic acids is 4. The lowest BCUT2D eigenvalue weighted by molar-refractivity contribution is -0.143. The highest BCUT2D eigenvalue weighted by Gasteiger charge is 2.43. The van der Waals surface area contributed by atoms with Gasteiger partial charge in [-0.25, -0.2) is 4.79 Å². The van der Waals surface area contributed by atoms with Gasteiger partial charge in [-0.3, -0.25) is 19.3 Å². The minimum atomic E-state index is -1.23. The summed E-state index contributed by atoms with van der Waals surface area (Å²) in [4.78, 5) is 50.5. The highest BCUT2D eigenvalue weighted by Crippen LogP contribution is 2.32. The van der Waals surface area contributed by atoms with Crippen molar-refractivity contribution in [2.45, 2.75) is 12.5 Å². The Morgan fingerprint density at radius 1 is 1.08 bits per heavy atom. The second-order valence-corrected chi connectivity index (χ2v) is 6.13. The van der Waals surface area contributed by atoms with Crippen LogP contribution in [0.4, 0.5) is 5.69 Å². The molecule has 0 fully saturated rings. The van der Waals surface area contributed by atoms with Gasteiger partial charge in [-0.1, -0.05) is 23.7 Å². The molecule has 0 aliphatic carbocycles. The number of rotatable bonds is 5. The highest BCUT2D eigenvalue weighted by atomic mass is 35.5. The number of para-hydroxylation sites is 1. The lowest BCUT2D eigenvalue weighted by Crippen LogP contribution is -2.46. The number of carbonyl (C=O) groups is 4. The monoisotopic (exact) mass is 371 g/mol. The molecule has 1 atom stereocenters. The molecule has 2 aromatic rings. The third-order valence-electron chi connectivity index (χ3n) is 4.15. The number of methoxy groups -OCH3 is 1. The molecule has 0 bridgehead atoms. The van der Waals surface area contributed by atoms with Crippen LogP contribution in [-0.2, 0) is 14.3 Å². The lowest BCUT2D eigenvalue weighted by atomic mass is 10.0. The van der Waals surface area contributed by atoms with Gasteiger partial charge in [0.1, 0.15) is 6.04 Å². The molecule has 0 saturated heterocycles. The van der Waals surface area contributed by atoms with Crippen molar-refractivity contribution in [1.29, 1.82) is 0 Å². The average molecular weight is 372 g/mol. The summed E-state index contributed by atoms with van der Waals surface area (Å²) < 4.78 is 4.76. The van der Waals surface area contributed by atoms with Gasteiger partial charge in [0.25, 0.3) is 11.7 Å². The fourth-order valence-corrected chi connectivity index (χ4v) is 2.99. The predicted octanol–water partition coefficient (Wildman–Crippen LogP) is 2.68. The summed E-state index contributed by atoms with van der Waals surface area (Å²) >= 11 is 5.81. The highest BCUT2D eigenvalue weighted by molar-refractivity contribution is 6.52. The number of ketones is 2. The summed E-state index contributed by atoms with van der Waals surface area (Å²) in [6, 6.07) is 11.3. The second kappa shape index (κ2) is 7.09. The van der Waals surface area contributed by atoms with Gasteiger partial charge >= 0.3 is 5.97 Å². The number of nitrogens with zero attached hydrogens (tertiary/aromatic N) is 1. The molecular formula is C19H14ClNO5. The van der Waals surface area contributed by atoms with Crippen LogP contribution in [-0.4, -0.2) is 36.6 Å². The minimum absolute atomic E-state index is 0.199. The fourth-order valence-electron chi connectivity index (χ4n) is 2.86. The topological polar surface area (TPSA) is 80.8 Å². The molecule has 7 heteroatoms. The molecule has 26 heavy (non-hydrogen) atoms. The van der Waals surface area contributed by atoms with Crippen LogP contribution in [0.2, 0.25) is 5.02 Å². The molecule has 0 N–H and O–H groups in total. The zero-order valence-corrected chi connectivity index (χ0v) is 14.5. The number of ether oxygens (including phenoxy) is 1. The Hall–Kier alpha value is -2.99. The standard InChI is InChI=1S/C19H14ClNO5/c1-26-19(25)15(10-16(22)11-6-8-12(20)9-7-11)21-14-5-3-2-4-13(14)17(23)18(21)24/h2-9,15H,10H2,1H3/t15-/m0/s1.